The first kappa shape index (κ1) is 13.8. The predicted octanol–water partition coefficient (Wildman–Crippen LogP) is 1.77. The highest BCUT2D eigenvalue weighted by Crippen LogP contribution is 2.20. The molecule has 0 saturated heterocycles. The molecule has 6 nitrogen and oxygen atoms in total. The molecule has 0 aliphatic heterocycles. The second-order valence-electron chi connectivity index (χ2n) is 4.06. The molecule has 2 rings (SSSR count). The average molecular weight is 281 g/mol. The van der Waals surface area contributed by atoms with Crippen LogP contribution in [-0.2, 0) is 0 Å². The number of hydrogen-bond acceptors (Lipinski definition) is 4. The standard InChI is InChI=1S/C12H9F2N3O3/c1-5(10-15-11(12(19)20)17-16-10)9(18)7-3-2-6(13)4-8(7)14/h2-5H,1H3,(H,19,20)(H,15,16,17). The Morgan fingerprint density at radius 3 is 2.60 bits per heavy atom. The highest BCUT2D eigenvalue weighted by molar-refractivity contribution is 6.00. The smallest absolute Gasteiger partial charge is 0.373 e. The first-order valence-corrected chi connectivity index (χ1v) is 5.55. The number of nitrogens with zero attached hydrogens (tertiary/aromatic N) is 2. The molecule has 0 aliphatic carbocycles. The molecule has 104 valence electrons. The van der Waals surface area contributed by atoms with Crippen LogP contribution >= 0.6 is 0 Å². The number of hydrogen-bond donors (Lipinski definition) is 2. The number of nitrogens with one attached hydrogen (secondary N) is 1. The van der Waals surface area contributed by atoms with Gasteiger partial charge >= 0.3 is 5.97 Å². The maximum Gasteiger partial charge on any atom is 0.373 e. The van der Waals surface area contributed by atoms with E-state index >= 15 is 0 Å². The van der Waals surface area contributed by atoms with Crippen LogP contribution in [0.3, 0.4) is 0 Å². The number of carboxylic acid groups (broad SMARTS) is 1. The van der Waals surface area contributed by atoms with Crippen LogP contribution in [0.15, 0.2) is 18.2 Å². The lowest BCUT2D eigenvalue weighted by molar-refractivity contribution is 0.0683. The summed E-state index contributed by atoms with van der Waals surface area (Å²) in [5.74, 6) is -5.22. The Morgan fingerprint density at radius 2 is 2.05 bits per heavy atom. The monoisotopic (exact) mass is 281 g/mol. The molecule has 2 N–H and O–H groups in total. The molecule has 1 heterocycles. The second-order valence-corrected chi connectivity index (χ2v) is 4.06. The van der Waals surface area contributed by atoms with Crippen LogP contribution in [-0.4, -0.2) is 32.0 Å². The van der Waals surface area contributed by atoms with Crippen molar-refractivity contribution in [1.82, 2.24) is 15.2 Å². The van der Waals surface area contributed by atoms with E-state index in [4.69, 9.17) is 5.11 Å². The van der Waals surface area contributed by atoms with Gasteiger partial charge in [-0.05, 0) is 19.1 Å². The molecule has 1 atom stereocenters. The Morgan fingerprint density at radius 1 is 1.35 bits per heavy atom. The Kier molecular flexibility index (Phi) is 3.55. The molecule has 1 aromatic carbocycles. The Hall–Kier alpha value is -2.64. The van der Waals surface area contributed by atoms with E-state index in [-0.39, 0.29) is 11.4 Å². The minimum Gasteiger partial charge on any atom is -0.475 e. The van der Waals surface area contributed by atoms with Gasteiger partial charge in [0.2, 0.25) is 5.82 Å². The normalized spacial score (nSPS) is 12.2. The maximum absolute atomic E-state index is 13.5. The van der Waals surface area contributed by atoms with Crippen LogP contribution in [0.2, 0.25) is 0 Å². The summed E-state index contributed by atoms with van der Waals surface area (Å²) in [5, 5.41) is 14.4. The van der Waals surface area contributed by atoms with Crippen molar-refractivity contribution in [2.45, 2.75) is 12.8 Å². The van der Waals surface area contributed by atoms with Gasteiger partial charge in [0, 0.05) is 6.07 Å². The van der Waals surface area contributed by atoms with Crippen LogP contribution in [0.4, 0.5) is 8.78 Å². The van der Waals surface area contributed by atoms with Gasteiger partial charge in [0.25, 0.3) is 0 Å². The van der Waals surface area contributed by atoms with Crippen LogP contribution in [0.1, 0.15) is 39.6 Å². The number of carbonyl (C=O) groups is 2. The number of rotatable bonds is 4. The number of carboxylic acids is 1. The van der Waals surface area contributed by atoms with Gasteiger partial charge in [-0.2, -0.15) is 5.10 Å². The first-order chi connectivity index (χ1) is 9.40. The van der Waals surface area contributed by atoms with Gasteiger partial charge in [-0.25, -0.2) is 18.6 Å². The van der Waals surface area contributed by atoms with Gasteiger partial charge in [-0.3, -0.25) is 9.89 Å². The maximum atomic E-state index is 13.5. The summed E-state index contributed by atoms with van der Waals surface area (Å²) in [4.78, 5) is 26.3. The lowest BCUT2D eigenvalue weighted by Crippen LogP contribution is -2.13. The Bertz CT molecular complexity index is 684. The predicted molar refractivity (Wildman–Crippen MR) is 62.4 cm³/mol. The summed E-state index contributed by atoms with van der Waals surface area (Å²) < 4.78 is 26.3. The fourth-order valence-corrected chi connectivity index (χ4v) is 1.60. The van der Waals surface area contributed by atoms with Crippen molar-refractivity contribution in [2.24, 2.45) is 0 Å². The number of H-pyrrole nitrogens is 1. The summed E-state index contributed by atoms with van der Waals surface area (Å²) in [7, 11) is 0. The number of halogens is 2. The summed E-state index contributed by atoms with van der Waals surface area (Å²) in [6.07, 6.45) is 0. The molecule has 0 saturated carbocycles. The quantitative estimate of drug-likeness (QED) is 0.832. The van der Waals surface area contributed by atoms with Gasteiger partial charge in [0.05, 0.1) is 11.5 Å². The molecule has 0 bridgehead atoms. The molecule has 0 amide bonds. The van der Waals surface area contributed by atoms with Crippen LogP contribution in [0.5, 0.6) is 0 Å². The van der Waals surface area contributed by atoms with Crippen molar-refractivity contribution in [2.75, 3.05) is 0 Å². The van der Waals surface area contributed by atoms with Crippen molar-refractivity contribution in [3.05, 3.63) is 47.0 Å². The third-order valence-corrected chi connectivity index (χ3v) is 2.68. The lowest BCUT2D eigenvalue weighted by Gasteiger charge is -2.07. The van der Waals surface area contributed by atoms with Crippen LogP contribution < -0.4 is 0 Å². The number of benzene rings is 1. The first-order valence-electron chi connectivity index (χ1n) is 5.55. The molecule has 0 fully saturated rings. The van der Waals surface area contributed by atoms with Gasteiger partial charge in [0.1, 0.15) is 11.6 Å². The SMILES string of the molecule is CC(C(=O)c1ccc(F)cc1F)c1n[nH]c(C(=O)O)n1. The number of Topliss-reactive ketones (excluding diaryl/α,β-unsaturated/α-hetero) is 1. The van der Waals surface area contributed by atoms with Crippen LogP contribution in [0, 0.1) is 11.6 Å². The molecular formula is C12H9F2N3O3. The molecular weight excluding hydrogens is 272 g/mol. The number of ketones is 1. The van der Waals surface area contributed by atoms with E-state index in [1.807, 2.05) is 0 Å². The molecule has 20 heavy (non-hydrogen) atoms. The average Bonchev–Trinajstić information content (AvgIpc) is 2.87. The van der Waals surface area contributed by atoms with E-state index in [2.05, 4.69) is 15.2 Å². The van der Waals surface area contributed by atoms with Crippen LogP contribution in [0.25, 0.3) is 0 Å². The van der Waals surface area contributed by atoms with Gasteiger partial charge in [0.15, 0.2) is 11.6 Å². The summed E-state index contributed by atoms with van der Waals surface area (Å²) in [5.41, 5.74) is -0.305. The Labute approximate surface area is 111 Å². The lowest BCUT2D eigenvalue weighted by atomic mass is 9.98. The van der Waals surface area contributed by atoms with Crippen molar-refractivity contribution in [1.29, 1.82) is 0 Å². The van der Waals surface area contributed by atoms with Crippen molar-refractivity contribution >= 4 is 11.8 Å². The van der Waals surface area contributed by atoms with E-state index in [9.17, 15) is 18.4 Å². The zero-order valence-corrected chi connectivity index (χ0v) is 10.2. The van der Waals surface area contributed by atoms with Crippen molar-refractivity contribution in [3.8, 4) is 0 Å². The minimum absolute atomic E-state index is 0.0730. The summed E-state index contributed by atoms with van der Waals surface area (Å²) in [6, 6.07) is 2.58. The van der Waals surface area contributed by atoms with Crippen molar-refractivity contribution in [3.63, 3.8) is 0 Å². The third kappa shape index (κ3) is 2.53. The third-order valence-electron chi connectivity index (χ3n) is 2.68. The van der Waals surface area contributed by atoms with Crippen molar-refractivity contribution < 1.29 is 23.5 Å². The largest absolute Gasteiger partial charge is 0.475 e. The highest BCUT2D eigenvalue weighted by atomic mass is 19.1. The highest BCUT2D eigenvalue weighted by Gasteiger charge is 2.25. The molecule has 0 radical (unpaired) electrons. The summed E-state index contributed by atoms with van der Waals surface area (Å²) in [6.45, 7) is 1.40. The summed E-state index contributed by atoms with van der Waals surface area (Å²) >= 11 is 0. The molecule has 8 heteroatoms. The number of carbonyl (C=O) groups excluding carboxylic acids is 1. The van der Waals surface area contributed by atoms with E-state index in [0.29, 0.717) is 6.07 Å². The van der Waals surface area contributed by atoms with E-state index in [0.717, 1.165) is 12.1 Å². The number of aromatic carboxylic acids is 1. The number of aromatic nitrogens is 3. The molecule has 2 aromatic rings. The molecule has 0 aliphatic rings. The van der Waals surface area contributed by atoms with Gasteiger partial charge < -0.3 is 5.11 Å². The Balaban J connectivity index is 2.29. The van der Waals surface area contributed by atoms with Gasteiger partial charge in [-0.15, -0.1) is 0 Å². The molecule has 1 unspecified atom stereocenters. The molecule has 1 aromatic heterocycles. The zero-order valence-electron chi connectivity index (χ0n) is 10.2. The second kappa shape index (κ2) is 5.16. The van der Waals surface area contributed by atoms with E-state index < -0.39 is 35.1 Å². The molecule has 0 spiro atoms. The zero-order chi connectivity index (χ0) is 14.9. The number of aromatic amines is 1. The van der Waals surface area contributed by atoms with E-state index in [1.165, 1.54) is 6.92 Å². The minimum atomic E-state index is -1.32. The van der Waals surface area contributed by atoms with Gasteiger partial charge in [-0.1, -0.05) is 0 Å². The topological polar surface area (TPSA) is 95.9 Å². The van der Waals surface area contributed by atoms with E-state index in [1.54, 1.807) is 0 Å². The fourth-order valence-electron chi connectivity index (χ4n) is 1.60. The fraction of sp³-hybridized carbons (Fsp3) is 0.167.